The van der Waals surface area contributed by atoms with Gasteiger partial charge in [-0.25, -0.2) is 4.98 Å². The maximum absolute atomic E-state index is 5.91. The summed E-state index contributed by atoms with van der Waals surface area (Å²) in [5, 5.41) is 3.48. The van der Waals surface area contributed by atoms with E-state index in [0.29, 0.717) is 11.5 Å². The molecular weight excluding hydrogens is 278 g/mol. The number of rotatable bonds is 3. The minimum absolute atomic E-state index is 0.0323. The summed E-state index contributed by atoms with van der Waals surface area (Å²) in [5.74, 6) is 2.41. The van der Waals surface area contributed by atoms with Gasteiger partial charge in [-0.3, -0.25) is 0 Å². The molecule has 0 amide bonds. The van der Waals surface area contributed by atoms with Gasteiger partial charge in [-0.15, -0.1) is 0 Å². The summed E-state index contributed by atoms with van der Waals surface area (Å²) in [6, 6.07) is 2.05. The molecule has 0 aliphatic rings. The van der Waals surface area contributed by atoms with Crippen molar-refractivity contribution in [1.29, 1.82) is 0 Å². The van der Waals surface area contributed by atoms with Crippen LogP contribution in [0.3, 0.4) is 0 Å². The third-order valence-corrected chi connectivity index (χ3v) is 3.33. The average molecular weight is 292 g/mol. The molecule has 0 aromatic carbocycles. The van der Waals surface area contributed by atoms with Gasteiger partial charge in [-0.05, 0) is 38.4 Å². The molecule has 3 heterocycles. The van der Waals surface area contributed by atoms with E-state index in [-0.39, 0.29) is 11.3 Å². The Kier molecular flexibility index (Phi) is 3.10. The SMILES string of the molecule is Cc1cc(C(C)Nc2nc(Cl)nc3nc[nH]c23)c(C)o1. The number of halogens is 1. The van der Waals surface area contributed by atoms with Gasteiger partial charge in [0, 0.05) is 5.56 Å². The number of anilines is 1. The normalized spacial score (nSPS) is 12.8. The number of nitrogens with zero attached hydrogens (tertiary/aromatic N) is 3. The molecule has 0 radical (unpaired) electrons. The van der Waals surface area contributed by atoms with Crippen molar-refractivity contribution in [3.05, 3.63) is 34.8 Å². The Morgan fingerprint density at radius 2 is 2.15 bits per heavy atom. The first-order valence-corrected chi connectivity index (χ1v) is 6.62. The van der Waals surface area contributed by atoms with Gasteiger partial charge in [0.2, 0.25) is 5.28 Å². The molecule has 1 atom stereocenters. The lowest BCUT2D eigenvalue weighted by Crippen LogP contribution is -2.09. The number of aromatic nitrogens is 4. The predicted molar refractivity (Wildman–Crippen MR) is 76.9 cm³/mol. The van der Waals surface area contributed by atoms with Crippen LogP contribution in [-0.2, 0) is 0 Å². The summed E-state index contributed by atoms with van der Waals surface area (Å²) in [4.78, 5) is 15.4. The summed E-state index contributed by atoms with van der Waals surface area (Å²) < 4.78 is 5.55. The van der Waals surface area contributed by atoms with E-state index in [9.17, 15) is 0 Å². The van der Waals surface area contributed by atoms with Crippen molar-refractivity contribution in [2.75, 3.05) is 5.32 Å². The van der Waals surface area contributed by atoms with Crippen molar-refractivity contribution in [3.8, 4) is 0 Å². The first kappa shape index (κ1) is 12.9. The van der Waals surface area contributed by atoms with Crippen LogP contribution in [0.2, 0.25) is 5.28 Å². The van der Waals surface area contributed by atoms with Crippen LogP contribution in [0, 0.1) is 13.8 Å². The van der Waals surface area contributed by atoms with Gasteiger partial charge in [0.1, 0.15) is 17.0 Å². The number of imidazole rings is 1. The molecule has 3 aromatic rings. The lowest BCUT2D eigenvalue weighted by Gasteiger charge is -2.14. The van der Waals surface area contributed by atoms with Crippen LogP contribution < -0.4 is 5.32 Å². The number of aryl methyl sites for hydroxylation is 2. The zero-order valence-corrected chi connectivity index (χ0v) is 12.1. The van der Waals surface area contributed by atoms with Gasteiger partial charge in [0.15, 0.2) is 11.5 Å². The Morgan fingerprint density at radius 1 is 1.35 bits per heavy atom. The molecular formula is C13H14ClN5O. The highest BCUT2D eigenvalue weighted by Crippen LogP contribution is 2.27. The summed E-state index contributed by atoms with van der Waals surface area (Å²) in [6.07, 6.45) is 1.57. The molecule has 0 saturated carbocycles. The maximum Gasteiger partial charge on any atom is 0.226 e. The van der Waals surface area contributed by atoms with Gasteiger partial charge >= 0.3 is 0 Å². The van der Waals surface area contributed by atoms with Crippen molar-refractivity contribution < 1.29 is 4.42 Å². The van der Waals surface area contributed by atoms with Gasteiger partial charge in [0.05, 0.1) is 12.4 Å². The largest absolute Gasteiger partial charge is 0.466 e. The lowest BCUT2D eigenvalue weighted by molar-refractivity contribution is 0.500. The number of hydrogen-bond donors (Lipinski definition) is 2. The number of aromatic amines is 1. The average Bonchev–Trinajstić information content (AvgIpc) is 2.95. The molecule has 3 rings (SSSR count). The zero-order chi connectivity index (χ0) is 14.3. The topological polar surface area (TPSA) is 79.6 Å². The molecule has 0 saturated heterocycles. The molecule has 0 aliphatic carbocycles. The predicted octanol–water partition coefficient (Wildman–Crippen LogP) is 3.39. The van der Waals surface area contributed by atoms with Gasteiger partial charge in [-0.2, -0.15) is 9.97 Å². The third-order valence-electron chi connectivity index (χ3n) is 3.16. The molecule has 7 heteroatoms. The number of H-pyrrole nitrogens is 1. The van der Waals surface area contributed by atoms with Crippen LogP contribution in [0.1, 0.15) is 30.0 Å². The smallest absolute Gasteiger partial charge is 0.226 e. The first-order valence-electron chi connectivity index (χ1n) is 6.24. The minimum atomic E-state index is 0.0323. The zero-order valence-electron chi connectivity index (χ0n) is 11.4. The fraction of sp³-hybridized carbons (Fsp3) is 0.308. The van der Waals surface area contributed by atoms with E-state index in [1.165, 1.54) is 0 Å². The van der Waals surface area contributed by atoms with Gasteiger partial charge in [-0.1, -0.05) is 0 Å². The number of nitrogens with one attached hydrogen (secondary N) is 2. The van der Waals surface area contributed by atoms with Crippen molar-refractivity contribution in [2.24, 2.45) is 0 Å². The van der Waals surface area contributed by atoms with E-state index in [2.05, 4.69) is 25.3 Å². The second-order valence-electron chi connectivity index (χ2n) is 4.68. The third kappa shape index (κ3) is 2.22. The highest BCUT2D eigenvalue weighted by Gasteiger charge is 2.16. The van der Waals surface area contributed by atoms with Crippen molar-refractivity contribution in [3.63, 3.8) is 0 Å². The second-order valence-corrected chi connectivity index (χ2v) is 5.02. The number of fused-ring (bicyclic) bond motifs is 1. The van der Waals surface area contributed by atoms with Crippen LogP contribution in [0.5, 0.6) is 0 Å². The first-order chi connectivity index (χ1) is 9.54. The van der Waals surface area contributed by atoms with Crippen molar-refractivity contribution in [1.82, 2.24) is 19.9 Å². The number of hydrogen-bond acceptors (Lipinski definition) is 5. The van der Waals surface area contributed by atoms with E-state index in [1.54, 1.807) is 6.33 Å². The Labute approximate surface area is 120 Å². The molecule has 0 fully saturated rings. The minimum Gasteiger partial charge on any atom is -0.466 e. The summed E-state index contributed by atoms with van der Waals surface area (Å²) in [6.45, 7) is 5.91. The molecule has 0 aliphatic heterocycles. The lowest BCUT2D eigenvalue weighted by atomic mass is 10.1. The molecule has 3 aromatic heterocycles. The highest BCUT2D eigenvalue weighted by molar-refractivity contribution is 6.28. The molecule has 0 spiro atoms. The number of furan rings is 1. The fourth-order valence-corrected chi connectivity index (χ4v) is 2.44. The van der Waals surface area contributed by atoms with Crippen LogP contribution in [0.4, 0.5) is 5.82 Å². The van der Waals surface area contributed by atoms with Crippen LogP contribution in [0.15, 0.2) is 16.8 Å². The molecule has 6 nitrogen and oxygen atoms in total. The Morgan fingerprint density at radius 3 is 2.85 bits per heavy atom. The molecule has 20 heavy (non-hydrogen) atoms. The summed E-state index contributed by atoms with van der Waals surface area (Å²) >= 11 is 5.91. The van der Waals surface area contributed by atoms with E-state index in [4.69, 9.17) is 16.0 Å². The molecule has 1 unspecified atom stereocenters. The highest BCUT2D eigenvalue weighted by atomic mass is 35.5. The van der Waals surface area contributed by atoms with Crippen molar-refractivity contribution >= 4 is 28.6 Å². The Balaban J connectivity index is 1.96. The quantitative estimate of drug-likeness (QED) is 0.723. The summed E-state index contributed by atoms with van der Waals surface area (Å²) in [5.41, 5.74) is 2.36. The fourth-order valence-electron chi connectivity index (χ4n) is 2.27. The van der Waals surface area contributed by atoms with E-state index in [0.717, 1.165) is 22.6 Å². The molecule has 0 bridgehead atoms. The monoisotopic (exact) mass is 291 g/mol. The van der Waals surface area contributed by atoms with Crippen LogP contribution >= 0.6 is 11.6 Å². The molecule has 104 valence electrons. The van der Waals surface area contributed by atoms with Crippen molar-refractivity contribution in [2.45, 2.75) is 26.8 Å². The second kappa shape index (κ2) is 4.79. The van der Waals surface area contributed by atoms with Crippen LogP contribution in [-0.4, -0.2) is 19.9 Å². The van der Waals surface area contributed by atoms with E-state index in [1.807, 2.05) is 26.8 Å². The maximum atomic E-state index is 5.91. The Bertz CT molecular complexity index is 763. The summed E-state index contributed by atoms with van der Waals surface area (Å²) in [7, 11) is 0. The molecule has 2 N–H and O–H groups in total. The van der Waals surface area contributed by atoms with Crippen LogP contribution in [0.25, 0.3) is 11.2 Å². The van der Waals surface area contributed by atoms with Gasteiger partial charge < -0.3 is 14.7 Å². The van der Waals surface area contributed by atoms with E-state index < -0.39 is 0 Å². The Hall–Kier alpha value is -2.08. The standard InChI is InChI=1S/C13H14ClN5O/c1-6-4-9(8(3)20-6)7(2)17-12-10-11(16-5-15-10)18-13(14)19-12/h4-5,7H,1-3H3,(H2,15,16,17,18,19). The van der Waals surface area contributed by atoms with E-state index >= 15 is 0 Å². The van der Waals surface area contributed by atoms with Gasteiger partial charge in [0.25, 0.3) is 0 Å².